The Kier molecular flexibility index (Phi) is 2.35. The number of anilines is 1. The number of nitrogens with two attached hydrogens (primary N) is 1. The number of aromatic nitrogens is 2. The maximum absolute atomic E-state index is 13.4. The fourth-order valence-electron chi connectivity index (χ4n) is 1.29. The van der Waals surface area contributed by atoms with Gasteiger partial charge in [0.25, 0.3) is 0 Å². The molecule has 2 N–H and O–H groups in total. The van der Waals surface area contributed by atoms with Crippen LogP contribution in [0.25, 0.3) is 5.69 Å². The molecule has 0 spiro atoms. The Morgan fingerprint density at radius 2 is 1.94 bits per heavy atom. The van der Waals surface area contributed by atoms with E-state index in [4.69, 9.17) is 5.73 Å². The summed E-state index contributed by atoms with van der Waals surface area (Å²) in [5.41, 5.74) is 4.86. The lowest BCUT2D eigenvalue weighted by atomic mass is 10.3. The molecule has 0 saturated carbocycles. The van der Waals surface area contributed by atoms with Gasteiger partial charge in [-0.1, -0.05) is 6.07 Å². The van der Waals surface area contributed by atoms with E-state index in [9.17, 15) is 13.7 Å². The van der Waals surface area contributed by atoms with Crippen LogP contribution in [0.2, 0.25) is 0 Å². The molecule has 1 heterocycles. The summed E-state index contributed by atoms with van der Waals surface area (Å²) in [6, 6.07) is 3.34. The van der Waals surface area contributed by atoms with E-state index in [0.717, 1.165) is 23.0 Å². The number of benzene rings is 1. The Morgan fingerprint density at radius 1 is 1.31 bits per heavy atom. The molecular formula is C9H6F2N4O. The monoisotopic (exact) mass is 224 g/mol. The Hall–Kier alpha value is -2.31. The minimum absolute atomic E-state index is 0.164. The number of halogens is 2. The number of nitrogens with zero attached hydrogens (tertiary/aromatic N) is 3. The Bertz CT molecular complexity index is 532. The fraction of sp³-hybridized carbons (Fsp3) is 0. The third-order valence-electron chi connectivity index (χ3n) is 2.03. The van der Waals surface area contributed by atoms with Gasteiger partial charge in [0.1, 0.15) is 5.69 Å². The summed E-state index contributed by atoms with van der Waals surface area (Å²) in [6.45, 7) is 0. The highest BCUT2D eigenvalue weighted by molar-refractivity contribution is 5.60. The average molecular weight is 224 g/mol. The molecule has 0 atom stereocenters. The van der Waals surface area contributed by atoms with Crippen molar-refractivity contribution in [3.05, 3.63) is 40.9 Å². The molecule has 1 aromatic carbocycles. The van der Waals surface area contributed by atoms with E-state index in [1.54, 1.807) is 0 Å². The van der Waals surface area contributed by atoms with E-state index in [2.05, 4.69) is 10.3 Å². The molecule has 1 aromatic heterocycles. The molecule has 2 rings (SSSR count). The molecule has 7 heteroatoms. The van der Waals surface area contributed by atoms with Crippen LogP contribution in [0.4, 0.5) is 20.3 Å². The molecule has 0 aliphatic rings. The van der Waals surface area contributed by atoms with Gasteiger partial charge in [0.15, 0.2) is 23.1 Å². The minimum atomic E-state index is -0.827. The Labute approximate surface area is 88.5 Å². The summed E-state index contributed by atoms with van der Waals surface area (Å²) < 4.78 is 27.5. The van der Waals surface area contributed by atoms with Crippen molar-refractivity contribution in [2.45, 2.75) is 0 Å². The number of hydrogen-bond acceptors (Lipinski definition) is 4. The van der Waals surface area contributed by atoms with Crippen LogP contribution in [-0.4, -0.2) is 9.78 Å². The van der Waals surface area contributed by atoms with Crippen LogP contribution in [0.3, 0.4) is 0 Å². The lowest BCUT2D eigenvalue weighted by molar-refractivity contribution is 0.561. The highest BCUT2D eigenvalue weighted by atomic mass is 19.1. The van der Waals surface area contributed by atoms with Gasteiger partial charge in [0, 0.05) is 0 Å². The molecule has 0 aliphatic heterocycles. The van der Waals surface area contributed by atoms with Crippen molar-refractivity contribution in [2.24, 2.45) is 5.18 Å². The first-order chi connectivity index (χ1) is 7.65. The van der Waals surface area contributed by atoms with E-state index >= 15 is 0 Å². The maximum atomic E-state index is 13.4. The second kappa shape index (κ2) is 3.69. The van der Waals surface area contributed by atoms with E-state index in [1.807, 2.05) is 0 Å². The number of rotatable bonds is 2. The predicted octanol–water partition coefficient (Wildman–Crippen LogP) is 2.13. The molecule has 0 fully saturated rings. The van der Waals surface area contributed by atoms with Crippen molar-refractivity contribution < 1.29 is 8.78 Å². The van der Waals surface area contributed by atoms with Crippen LogP contribution in [0.1, 0.15) is 0 Å². The van der Waals surface area contributed by atoms with Crippen molar-refractivity contribution in [1.29, 1.82) is 0 Å². The smallest absolute Gasteiger partial charge is 0.170 e. The van der Waals surface area contributed by atoms with Crippen molar-refractivity contribution in [3.8, 4) is 5.69 Å². The van der Waals surface area contributed by atoms with E-state index in [1.165, 1.54) is 6.07 Å². The van der Waals surface area contributed by atoms with Crippen LogP contribution in [0.15, 0.2) is 29.6 Å². The summed E-state index contributed by atoms with van der Waals surface area (Å²) in [5, 5.41) is 6.17. The van der Waals surface area contributed by atoms with Crippen LogP contribution in [0.5, 0.6) is 0 Å². The molecule has 0 aliphatic carbocycles. The van der Waals surface area contributed by atoms with Gasteiger partial charge in [-0.05, 0) is 17.3 Å². The predicted molar refractivity (Wildman–Crippen MR) is 53.3 cm³/mol. The highest BCUT2D eigenvalue weighted by Crippen LogP contribution is 2.26. The molecule has 0 unspecified atom stereocenters. The van der Waals surface area contributed by atoms with Gasteiger partial charge in [-0.15, -0.1) is 4.91 Å². The fourth-order valence-corrected chi connectivity index (χ4v) is 1.29. The molecule has 0 amide bonds. The van der Waals surface area contributed by atoms with Crippen LogP contribution in [0, 0.1) is 16.5 Å². The largest absolute Gasteiger partial charge is 0.382 e. The molecule has 82 valence electrons. The topological polar surface area (TPSA) is 73.3 Å². The van der Waals surface area contributed by atoms with E-state index in [-0.39, 0.29) is 11.5 Å². The number of nitroso groups, excluding NO2 is 1. The third-order valence-corrected chi connectivity index (χ3v) is 2.03. The Balaban J connectivity index is 2.67. The van der Waals surface area contributed by atoms with Crippen LogP contribution in [-0.2, 0) is 0 Å². The molecule has 5 nitrogen and oxygen atoms in total. The lowest BCUT2D eigenvalue weighted by Gasteiger charge is -2.06. The second-order valence-corrected chi connectivity index (χ2v) is 2.99. The number of nitrogen functional groups attached to an aromatic ring is 1. The van der Waals surface area contributed by atoms with E-state index < -0.39 is 17.3 Å². The highest BCUT2D eigenvalue weighted by Gasteiger charge is 2.16. The van der Waals surface area contributed by atoms with Gasteiger partial charge in [0.2, 0.25) is 0 Å². The summed E-state index contributed by atoms with van der Waals surface area (Å²) in [6.07, 6.45) is 1.04. The standard InChI is InChI=1S/C9H6F2N4O/c10-5-2-1-3-6(11)8(5)15-9(12)7(14-16)4-13-15/h1-4H,12H2. The molecular weight excluding hydrogens is 218 g/mol. The Morgan fingerprint density at radius 3 is 2.44 bits per heavy atom. The first-order valence-electron chi connectivity index (χ1n) is 4.26. The van der Waals surface area contributed by atoms with Gasteiger partial charge in [0.05, 0.1) is 6.20 Å². The summed E-state index contributed by atoms with van der Waals surface area (Å²) in [5.74, 6) is -1.86. The molecule has 0 radical (unpaired) electrons. The lowest BCUT2D eigenvalue weighted by Crippen LogP contribution is -2.06. The normalized spacial score (nSPS) is 10.4. The SMILES string of the molecule is Nc1c(N=O)cnn1-c1c(F)cccc1F. The van der Waals surface area contributed by atoms with Gasteiger partial charge in [-0.25, -0.2) is 13.5 Å². The zero-order chi connectivity index (χ0) is 11.7. The minimum Gasteiger partial charge on any atom is -0.382 e. The van der Waals surface area contributed by atoms with E-state index in [0.29, 0.717) is 0 Å². The van der Waals surface area contributed by atoms with Crippen molar-refractivity contribution >= 4 is 11.5 Å². The van der Waals surface area contributed by atoms with Gasteiger partial charge in [-0.3, -0.25) is 0 Å². The second-order valence-electron chi connectivity index (χ2n) is 2.99. The number of hydrogen-bond donors (Lipinski definition) is 1. The van der Waals surface area contributed by atoms with Crippen LogP contribution < -0.4 is 5.73 Å². The zero-order valence-electron chi connectivity index (χ0n) is 7.89. The summed E-state index contributed by atoms with van der Waals surface area (Å²) in [4.78, 5) is 10.3. The maximum Gasteiger partial charge on any atom is 0.170 e. The van der Waals surface area contributed by atoms with Gasteiger partial charge < -0.3 is 5.73 Å². The molecule has 2 aromatic rings. The first-order valence-corrected chi connectivity index (χ1v) is 4.26. The van der Waals surface area contributed by atoms with Crippen molar-refractivity contribution in [2.75, 3.05) is 5.73 Å². The van der Waals surface area contributed by atoms with Crippen molar-refractivity contribution in [3.63, 3.8) is 0 Å². The van der Waals surface area contributed by atoms with Crippen molar-refractivity contribution in [1.82, 2.24) is 9.78 Å². The quantitative estimate of drug-likeness (QED) is 0.794. The van der Waals surface area contributed by atoms with Gasteiger partial charge in [-0.2, -0.15) is 5.10 Å². The average Bonchev–Trinajstić information content (AvgIpc) is 2.60. The molecule has 16 heavy (non-hydrogen) atoms. The zero-order valence-corrected chi connectivity index (χ0v) is 7.89. The molecule has 0 saturated heterocycles. The first kappa shape index (κ1) is 10.2. The number of para-hydroxylation sites is 1. The summed E-state index contributed by atoms with van der Waals surface area (Å²) >= 11 is 0. The van der Waals surface area contributed by atoms with Crippen LogP contribution >= 0.6 is 0 Å². The summed E-state index contributed by atoms with van der Waals surface area (Å²) in [7, 11) is 0. The molecule has 0 bridgehead atoms. The third kappa shape index (κ3) is 1.42. The van der Waals surface area contributed by atoms with Gasteiger partial charge >= 0.3 is 0 Å².